The average molecular weight is 471 g/mol. The summed E-state index contributed by atoms with van der Waals surface area (Å²) in [6.45, 7) is 2.69. The number of piperidine rings is 1. The molecule has 8 heteroatoms. The standard InChI is InChI=1S/C25H30N2O5S/c1-2-32-25(29)20-7-10-22(11-8-20)26-24(28)19-13-15-27(16-14-19)33(30,31)23-12-9-18-5-3-4-6-21(18)17-23/h7-12,17,19H,2-6,13-16H2,1H3,(H,26,28). The average Bonchev–Trinajstić information content (AvgIpc) is 2.84. The first-order chi connectivity index (χ1) is 15.9. The molecule has 176 valence electrons. The van der Waals surface area contributed by atoms with Crippen LogP contribution in [-0.4, -0.2) is 44.3 Å². The van der Waals surface area contributed by atoms with Crippen molar-refractivity contribution in [3.63, 3.8) is 0 Å². The zero-order valence-corrected chi connectivity index (χ0v) is 19.7. The summed E-state index contributed by atoms with van der Waals surface area (Å²) in [5.41, 5.74) is 3.42. The number of fused-ring (bicyclic) bond motifs is 1. The molecule has 1 heterocycles. The van der Waals surface area contributed by atoms with Gasteiger partial charge in [-0.2, -0.15) is 4.31 Å². The lowest BCUT2D eigenvalue weighted by molar-refractivity contribution is -0.120. The smallest absolute Gasteiger partial charge is 0.338 e. The highest BCUT2D eigenvalue weighted by Crippen LogP contribution is 2.28. The van der Waals surface area contributed by atoms with E-state index in [2.05, 4.69) is 5.32 Å². The van der Waals surface area contributed by atoms with Crippen molar-refractivity contribution in [1.29, 1.82) is 0 Å². The molecule has 1 amide bonds. The molecule has 0 atom stereocenters. The molecule has 0 spiro atoms. The Bertz CT molecular complexity index is 1120. The molecule has 1 saturated heterocycles. The number of nitrogens with zero attached hydrogens (tertiary/aromatic N) is 1. The number of amides is 1. The maximum Gasteiger partial charge on any atom is 0.338 e. The molecule has 2 aromatic rings. The van der Waals surface area contributed by atoms with Crippen LogP contribution in [0.3, 0.4) is 0 Å². The number of nitrogens with one attached hydrogen (secondary N) is 1. The molecule has 0 unspecified atom stereocenters. The van der Waals surface area contributed by atoms with E-state index in [1.807, 2.05) is 12.1 Å². The number of hydrogen-bond donors (Lipinski definition) is 1. The first-order valence-electron chi connectivity index (χ1n) is 11.6. The van der Waals surface area contributed by atoms with Crippen molar-refractivity contribution in [2.45, 2.75) is 50.3 Å². The van der Waals surface area contributed by atoms with E-state index < -0.39 is 16.0 Å². The quantitative estimate of drug-likeness (QED) is 0.649. The first kappa shape index (κ1) is 23.4. The lowest BCUT2D eigenvalue weighted by Gasteiger charge is -2.31. The van der Waals surface area contributed by atoms with E-state index in [-0.39, 0.29) is 11.8 Å². The van der Waals surface area contributed by atoms with E-state index in [0.29, 0.717) is 48.7 Å². The highest BCUT2D eigenvalue weighted by atomic mass is 32.2. The van der Waals surface area contributed by atoms with Crippen LogP contribution in [0.4, 0.5) is 5.69 Å². The lowest BCUT2D eigenvalue weighted by Crippen LogP contribution is -2.41. The van der Waals surface area contributed by atoms with Crippen LogP contribution in [0.1, 0.15) is 54.1 Å². The van der Waals surface area contributed by atoms with Crippen LogP contribution in [-0.2, 0) is 32.4 Å². The summed E-state index contributed by atoms with van der Waals surface area (Å²) < 4.78 is 32.8. The number of esters is 1. The molecule has 1 N–H and O–H groups in total. The Hall–Kier alpha value is -2.71. The van der Waals surface area contributed by atoms with E-state index in [0.717, 1.165) is 31.2 Å². The molecule has 1 aliphatic heterocycles. The SMILES string of the molecule is CCOC(=O)c1ccc(NC(=O)C2CCN(S(=O)(=O)c3ccc4c(c3)CCCC4)CC2)cc1. The summed E-state index contributed by atoms with van der Waals surface area (Å²) >= 11 is 0. The summed E-state index contributed by atoms with van der Waals surface area (Å²) in [5.74, 6) is -0.794. The molecule has 0 bridgehead atoms. The lowest BCUT2D eigenvalue weighted by atomic mass is 9.92. The molecule has 2 aliphatic rings. The number of sulfonamides is 1. The minimum atomic E-state index is -3.56. The number of anilines is 1. The molecule has 0 saturated carbocycles. The fourth-order valence-corrected chi connectivity index (χ4v) is 6.05. The van der Waals surface area contributed by atoms with E-state index in [1.165, 1.54) is 9.87 Å². The predicted octanol–water partition coefficient (Wildman–Crippen LogP) is 3.78. The number of ether oxygens (including phenoxy) is 1. The number of hydrogen-bond acceptors (Lipinski definition) is 5. The van der Waals surface area contributed by atoms with Crippen molar-refractivity contribution in [2.75, 3.05) is 25.0 Å². The van der Waals surface area contributed by atoms with Gasteiger partial charge in [-0.1, -0.05) is 6.07 Å². The molecule has 1 fully saturated rings. The van der Waals surface area contributed by atoms with E-state index in [4.69, 9.17) is 4.74 Å². The van der Waals surface area contributed by atoms with Crippen LogP contribution in [0.5, 0.6) is 0 Å². The van der Waals surface area contributed by atoms with Gasteiger partial charge in [-0.3, -0.25) is 4.79 Å². The number of rotatable bonds is 6. The molecule has 1 aliphatic carbocycles. The van der Waals surface area contributed by atoms with Gasteiger partial charge in [-0.15, -0.1) is 0 Å². The van der Waals surface area contributed by atoms with Crippen molar-refractivity contribution in [2.24, 2.45) is 5.92 Å². The Morgan fingerprint density at radius 2 is 1.67 bits per heavy atom. The predicted molar refractivity (Wildman–Crippen MR) is 126 cm³/mol. The summed E-state index contributed by atoms with van der Waals surface area (Å²) in [7, 11) is -3.56. The molecule has 7 nitrogen and oxygen atoms in total. The highest BCUT2D eigenvalue weighted by molar-refractivity contribution is 7.89. The summed E-state index contributed by atoms with van der Waals surface area (Å²) in [6, 6.07) is 12.1. The Morgan fingerprint density at radius 3 is 2.33 bits per heavy atom. The third-order valence-corrected chi connectivity index (χ3v) is 8.34. The molecule has 2 aromatic carbocycles. The van der Waals surface area contributed by atoms with Gasteiger partial charge in [0.1, 0.15) is 0 Å². The van der Waals surface area contributed by atoms with Crippen LogP contribution in [0.15, 0.2) is 47.4 Å². The minimum absolute atomic E-state index is 0.135. The van der Waals surface area contributed by atoms with Crippen molar-refractivity contribution in [1.82, 2.24) is 4.31 Å². The van der Waals surface area contributed by atoms with Gasteiger partial charge in [0.25, 0.3) is 0 Å². The second-order valence-electron chi connectivity index (χ2n) is 8.60. The monoisotopic (exact) mass is 470 g/mol. The Balaban J connectivity index is 1.34. The molecule has 0 aromatic heterocycles. The number of carbonyl (C=O) groups is 2. The van der Waals surface area contributed by atoms with Crippen LogP contribution in [0.2, 0.25) is 0 Å². The minimum Gasteiger partial charge on any atom is -0.462 e. The number of carbonyl (C=O) groups excluding carboxylic acids is 2. The topological polar surface area (TPSA) is 92.8 Å². The summed E-state index contributed by atoms with van der Waals surface area (Å²) in [6.07, 6.45) is 5.14. The second-order valence-corrected chi connectivity index (χ2v) is 10.5. The van der Waals surface area contributed by atoms with Gasteiger partial charge in [-0.05, 0) is 93.0 Å². The maximum absolute atomic E-state index is 13.2. The molecule has 33 heavy (non-hydrogen) atoms. The van der Waals surface area contributed by atoms with Gasteiger partial charge < -0.3 is 10.1 Å². The van der Waals surface area contributed by atoms with Gasteiger partial charge in [0.2, 0.25) is 15.9 Å². The largest absolute Gasteiger partial charge is 0.462 e. The van der Waals surface area contributed by atoms with Crippen LogP contribution in [0.25, 0.3) is 0 Å². The van der Waals surface area contributed by atoms with Gasteiger partial charge in [-0.25, -0.2) is 13.2 Å². The molecular weight excluding hydrogens is 440 g/mol. The molecule has 0 radical (unpaired) electrons. The number of aryl methyl sites for hydroxylation is 2. The van der Waals surface area contributed by atoms with E-state index in [9.17, 15) is 18.0 Å². The van der Waals surface area contributed by atoms with Gasteiger partial charge >= 0.3 is 5.97 Å². The second kappa shape index (κ2) is 10.1. The zero-order valence-electron chi connectivity index (χ0n) is 18.9. The molecular formula is C25H30N2O5S. The van der Waals surface area contributed by atoms with Crippen LogP contribution < -0.4 is 5.32 Å². The third-order valence-electron chi connectivity index (χ3n) is 6.45. The first-order valence-corrected chi connectivity index (χ1v) is 13.0. The molecule has 4 rings (SSSR count). The van der Waals surface area contributed by atoms with Crippen molar-refractivity contribution >= 4 is 27.6 Å². The Morgan fingerprint density at radius 1 is 1.00 bits per heavy atom. The summed E-state index contributed by atoms with van der Waals surface area (Å²) in [4.78, 5) is 24.8. The van der Waals surface area contributed by atoms with Gasteiger partial charge in [0.15, 0.2) is 0 Å². The van der Waals surface area contributed by atoms with Crippen molar-refractivity contribution < 1.29 is 22.7 Å². The van der Waals surface area contributed by atoms with Crippen molar-refractivity contribution in [3.8, 4) is 0 Å². The zero-order chi connectivity index (χ0) is 23.4. The maximum atomic E-state index is 13.2. The van der Waals surface area contributed by atoms with Gasteiger partial charge in [0, 0.05) is 24.7 Å². The van der Waals surface area contributed by atoms with Crippen LogP contribution >= 0.6 is 0 Å². The highest BCUT2D eigenvalue weighted by Gasteiger charge is 2.32. The van der Waals surface area contributed by atoms with E-state index in [1.54, 1.807) is 37.3 Å². The Kier molecular flexibility index (Phi) is 7.14. The third kappa shape index (κ3) is 5.28. The number of benzene rings is 2. The fraction of sp³-hybridized carbons (Fsp3) is 0.440. The van der Waals surface area contributed by atoms with Crippen LogP contribution in [0, 0.1) is 5.92 Å². The van der Waals surface area contributed by atoms with Crippen molar-refractivity contribution in [3.05, 3.63) is 59.2 Å². The summed E-state index contributed by atoms with van der Waals surface area (Å²) in [5, 5.41) is 2.87. The van der Waals surface area contributed by atoms with Gasteiger partial charge in [0.05, 0.1) is 17.1 Å². The fourth-order valence-electron chi connectivity index (χ4n) is 4.53. The van der Waals surface area contributed by atoms with E-state index >= 15 is 0 Å². The normalized spacial score (nSPS) is 17.2. The Labute approximate surface area is 195 Å².